The third kappa shape index (κ3) is 5.43. The van der Waals surface area contributed by atoms with Crippen LogP contribution in [0.25, 0.3) is 0 Å². The Bertz CT molecular complexity index is 817. The highest BCUT2D eigenvalue weighted by molar-refractivity contribution is 5.97. The van der Waals surface area contributed by atoms with E-state index in [1.165, 1.54) is 5.56 Å². The van der Waals surface area contributed by atoms with E-state index in [0.29, 0.717) is 0 Å². The topological polar surface area (TPSA) is 26.3 Å². The van der Waals surface area contributed by atoms with Gasteiger partial charge in [0.15, 0.2) is 0 Å². The van der Waals surface area contributed by atoms with Gasteiger partial charge in [0.1, 0.15) is 13.2 Å². The van der Waals surface area contributed by atoms with Crippen LogP contribution in [0.4, 0.5) is 0 Å². The molecule has 0 amide bonds. The van der Waals surface area contributed by atoms with Crippen molar-refractivity contribution in [1.82, 2.24) is 0 Å². The van der Waals surface area contributed by atoms with Gasteiger partial charge in [0.2, 0.25) is 5.78 Å². The largest absolute Gasteiger partial charge is 0.360 e. The first-order valence-electron chi connectivity index (χ1n) is 7.80. The van der Waals surface area contributed by atoms with E-state index in [9.17, 15) is 4.79 Å². The number of ketones is 1. The summed E-state index contributed by atoms with van der Waals surface area (Å²) in [7, 11) is 0. The lowest BCUT2D eigenvalue weighted by Gasteiger charge is -2.04. The number of rotatable bonds is 3. The van der Waals surface area contributed by atoms with Crippen molar-refractivity contribution >= 4 is 5.78 Å². The number of hydrogen-bond acceptors (Lipinski definition) is 2. The summed E-state index contributed by atoms with van der Waals surface area (Å²) >= 11 is 0. The van der Waals surface area contributed by atoms with Gasteiger partial charge in [-0.3, -0.25) is 4.79 Å². The van der Waals surface area contributed by atoms with E-state index >= 15 is 0 Å². The summed E-state index contributed by atoms with van der Waals surface area (Å²) in [6.45, 7) is 6.34. The second kappa shape index (κ2) is 8.73. The maximum atomic E-state index is 11.6. The van der Waals surface area contributed by atoms with E-state index in [2.05, 4.69) is 42.7 Å². The van der Waals surface area contributed by atoms with Crippen LogP contribution in [0.1, 0.15) is 27.8 Å². The van der Waals surface area contributed by atoms with Gasteiger partial charge < -0.3 is 4.74 Å². The van der Waals surface area contributed by atoms with Crippen LogP contribution in [0.15, 0.2) is 42.5 Å². The highest BCUT2D eigenvalue weighted by Crippen LogP contribution is 2.14. The van der Waals surface area contributed by atoms with Gasteiger partial charge in [-0.25, -0.2) is 0 Å². The maximum absolute atomic E-state index is 11.6. The number of ether oxygens (including phenoxy) is 1. The lowest BCUT2D eigenvalue weighted by Crippen LogP contribution is -2.06. The molecule has 0 N–H and O–H groups in total. The second-order valence-electron chi connectivity index (χ2n) is 5.61. The third-order valence-electron chi connectivity index (χ3n) is 3.42. The van der Waals surface area contributed by atoms with Crippen molar-refractivity contribution in [1.29, 1.82) is 0 Å². The molecule has 0 saturated heterocycles. The molecular weight excluding hydrogens is 296 g/mol. The fraction of sp³-hybridized carbons (Fsp3) is 0.227. The predicted molar refractivity (Wildman–Crippen MR) is 96.7 cm³/mol. The Morgan fingerprint density at radius 1 is 1.00 bits per heavy atom. The quantitative estimate of drug-likeness (QED) is 0.639. The molecule has 2 aromatic rings. The molecule has 0 saturated carbocycles. The van der Waals surface area contributed by atoms with Gasteiger partial charge in [0, 0.05) is 11.1 Å². The Morgan fingerprint density at radius 3 is 2.33 bits per heavy atom. The van der Waals surface area contributed by atoms with Crippen molar-refractivity contribution in [2.24, 2.45) is 0 Å². The SMILES string of the molecule is Cc1cc(C)c(C#CCOCC(=O)C#Cc2ccccc2)c(C)c1. The average molecular weight is 316 g/mol. The van der Waals surface area contributed by atoms with Gasteiger partial charge in [-0.05, 0) is 50.0 Å². The lowest BCUT2D eigenvalue weighted by molar-refractivity contribution is -0.117. The van der Waals surface area contributed by atoms with Crippen molar-refractivity contribution in [2.45, 2.75) is 20.8 Å². The van der Waals surface area contributed by atoms with Crippen molar-refractivity contribution < 1.29 is 9.53 Å². The molecule has 0 atom stereocenters. The zero-order chi connectivity index (χ0) is 17.4. The number of aryl methyl sites for hydroxylation is 3. The molecular formula is C22H20O2. The highest BCUT2D eigenvalue weighted by Gasteiger charge is 2.00. The number of carbonyl (C=O) groups is 1. The van der Waals surface area contributed by atoms with E-state index in [4.69, 9.17) is 4.74 Å². The predicted octanol–water partition coefficient (Wildman–Crippen LogP) is 3.60. The Kier molecular flexibility index (Phi) is 6.38. The van der Waals surface area contributed by atoms with Crippen LogP contribution in [0.5, 0.6) is 0 Å². The Balaban J connectivity index is 1.84. The van der Waals surface area contributed by atoms with Crippen molar-refractivity contribution in [3.8, 4) is 23.7 Å². The van der Waals surface area contributed by atoms with E-state index < -0.39 is 0 Å². The third-order valence-corrected chi connectivity index (χ3v) is 3.42. The summed E-state index contributed by atoms with van der Waals surface area (Å²) in [4.78, 5) is 11.6. The van der Waals surface area contributed by atoms with E-state index in [0.717, 1.165) is 22.3 Å². The zero-order valence-electron chi connectivity index (χ0n) is 14.3. The van der Waals surface area contributed by atoms with Gasteiger partial charge in [-0.1, -0.05) is 53.7 Å². The molecule has 0 fully saturated rings. The van der Waals surface area contributed by atoms with Crippen LogP contribution in [-0.4, -0.2) is 19.0 Å². The molecule has 0 unspecified atom stereocenters. The first-order valence-corrected chi connectivity index (χ1v) is 7.80. The van der Waals surface area contributed by atoms with Crippen molar-refractivity contribution in [2.75, 3.05) is 13.2 Å². The molecule has 2 nitrogen and oxygen atoms in total. The molecule has 2 aromatic carbocycles. The minimum absolute atomic E-state index is 0.0413. The Labute approximate surface area is 143 Å². The highest BCUT2D eigenvalue weighted by atomic mass is 16.5. The normalized spacial score (nSPS) is 9.46. The van der Waals surface area contributed by atoms with Crippen molar-refractivity contribution in [3.05, 3.63) is 70.3 Å². The molecule has 0 aromatic heterocycles. The fourth-order valence-corrected chi connectivity index (χ4v) is 2.40. The zero-order valence-corrected chi connectivity index (χ0v) is 14.3. The lowest BCUT2D eigenvalue weighted by atomic mass is 10.0. The van der Waals surface area contributed by atoms with Gasteiger partial charge in [-0.2, -0.15) is 0 Å². The number of Topliss-reactive ketones (excluding diaryl/α,β-unsaturated/α-hetero) is 1. The van der Waals surface area contributed by atoms with Gasteiger partial charge >= 0.3 is 0 Å². The van der Waals surface area contributed by atoms with Gasteiger partial charge in [0.05, 0.1) is 0 Å². The molecule has 0 bridgehead atoms. The van der Waals surface area contributed by atoms with Crippen LogP contribution in [0.3, 0.4) is 0 Å². The van der Waals surface area contributed by atoms with E-state index in [1.54, 1.807) is 0 Å². The molecule has 120 valence electrons. The molecule has 0 spiro atoms. The van der Waals surface area contributed by atoms with Crippen LogP contribution in [-0.2, 0) is 9.53 Å². The first kappa shape index (κ1) is 17.5. The molecule has 0 aliphatic rings. The molecule has 2 rings (SSSR count). The molecule has 0 heterocycles. The summed E-state index contributed by atoms with van der Waals surface area (Å²) in [6, 6.07) is 13.6. The van der Waals surface area contributed by atoms with E-state index in [-0.39, 0.29) is 19.0 Å². The Hall–Kier alpha value is -2.81. The van der Waals surface area contributed by atoms with Gasteiger partial charge in [0.25, 0.3) is 0 Å². The minimum Gasteiger partial charge on any atom is -0.360 e. The molecule has 2 heteroatoms. The molecule has 0 aliphatic heterocycles. The van der Waals surface area contributed by atoms with Crippen LogP contribution in [0.2, 0.25) is 0 Å². The summed E-state index contributed by atoms with van der Waals surface area (Å²) in [6.07, 6.45) is 0. The number of benzene rings is 2. The summed E-state index contributed by atoms with van der Waals surface area (Å²) in [5.74, 6) is 11.2. The summed E-state index contributed by atoms with van der Waals surface area (Å²) in [5.41, 5.74) is 5.39. The monoisotopic (exact) mass is 316 g/mol. The maximum Gasteiger partial charge on any atom is 0.231 e. The van der Waals surface area contributed by atoms with Gasteiger partial charge in [-0.15, -0.1) is 0 Å². The molecule has 0 aliphatic carbocycles. The van der Waals surface area contributed by atoms with Crippen LogP contribution < -0.4 is 0 Å². The van der Waals surface area contributed by atoms with Crippen LogP contribution in [0, 0.1) is 44.5 Å². The summed E-state index contributed by atoms with van der Waals surface area (Å²) in [5, 5.41) is 0. The standard InChI is InChI=1S/C22H20O2/c1-17-14-18(2)22(19(3)15-17)10-7-13-24-16-21(23)12-11-20-8-5-4-6-9-20/h4-6,8-9,14-15H,13,16H2,1-3H3. The first-order chi connectivity index (χ1) is 11.6. The van der Waals surface area contributed by atoms with Crippen molar-refractivity contribution in [3.63, 3.8) is 0 Å². The average Bonchev–Trinajstić information content (AvgIpc) is 2.55. The smallest absolute Gasteiger partial charge is 0.231 e. The Morgan fingerprint density at radius 2 is 1.67 bits per heavy atom. The van der Waals surface area contributed by atoms with E-state index in [1.807, 2.05) is 44.2 Å². The second-order valence-corrected chi connectivity index (χ2v) is 5.61. The summed E-state index contributed by atoms with van der Waals surface area (Å²) < 4.78 is 5.28. The fourth-order valence-electron chi connectivity index (χ4n) is 2.40. The molecule has 0 radical (unpaired) electrons. The van der Waals surface area contributed by atoms with Crippen LogP contribution >= 0.6 is 0 Å². The molecule has 24 heavy (non-hydrogen) atoms. The minimum atomic E-state index is -0.247. The number of hydrogen-bond donors (Lipinski definition) is 0. The number of carbonyl (C=O) groups excluding carboxylic acids is 1.